The van der Waals surface area contributed by atoms with Gasteiger partial charge in [-0.05, 0) is 51.5 Å². The molecule has 5 heteroatoms. The Morgan fingerprint density at radius 3 is 2.90 bits per heavy atom. The second-order valence-corrected chi connectivity index (χ2v) is 7.36. The van der Waals surface area contributed by atoms with E-state index >= 15 is 0 Å². The van der Waals surface area contributed by atoms with Crippen LogP contribution < -0.4 is 0 Å². The van der Waals surface area contributed by atoms with Gasteiger partial charge in [0.15, 0.2) is 0 Å². The molecule has 1 unspecified atom stereocenters. The molecule has 0 bridgehead atoms. The van der Waals surface area contributed by atoms with Crippen molar-refractivity contribution >= 4 is 38.3 Å². The molecule has 2 aromatic heterocycles. The quantitative estimate of drug-likeness (QED) is 0.721. The first-order valence-electron chi connectivity index (χ1n) is 7.05. The monoisotopic (exact) mass is 364 g/mol. The average Bonchev–Trinajstić information content (AvgIpc) is 3.04. The minimum absolute atomic E-state index is 0.514. The van der Waals surface area contributed by atoms with Crippen LogP contribution >= 0.6 is 27.3 Å². The number of aryl methyl sites for hydroxylation is 1. The van der Waals surface area contributed by atoms with Gasteiger partial charge in [-0.15, -0.1) is 11.3 Å². The van der Waals surface area contributed by atoms with Gasteiger partial charge in [-0.1, -0.05) is 19.1 Å². The zero-order valence-electron chi connectivity index (χ0n) is 11.8. The van der Waals surface area contributed by atoms with Crippen LogP contribution in [0.25, 0.3) is 11.0 Å². The van der Waals surface area contributed by atoms with Gasteiger partial charge in [-0.3, -0.25) is 0 Å². The Morgan fingerprint density at radius 1 is 1.38 bits per heavy atom. The van der Waals surface area contributed by atoms with Gasteiger partial charge in [0, 0.05) is 13.0 Å². The van der Waals surface area contributed by atoms with Gasteiger partial charge in [0.2, 0.25) is 0 Å². The Labute approximate surface area is 136 Å². The van der Waals surface area contributed by atoms with E-state index < -0.39 is 6.10 Å². The highest BCUT2D eigenvalue weighted by atomic mass is 79.9. The number of hydrogen-bond donors (Lipinski definition) is 1. The summed E-state index contributed by atoms with van der Waals surface area (Å²) in [6, 6.07) is 10.1. The lowest BCUT2D eigenvalue weighted by Gasteiger charge is -2.11. The highest BCUT2D eigenvalue weighted by Gasteiger charge is 2.16. The number of hydrogen-bond acceptors (Lipinski definition) is 3. The molecule has 1 aromatic carbocycles. The molecule has 3 rings (SSSR count). The van der Waals surface area contributed by atoms with Crippen molar-refractivity contribution in [2.75, 3.05) is 0 Å². The van der Waals surface area contributed by atoms with Gasteiger partial charge in [-0.25, -0.2) is 4.98 Å². The second kappa shape index (κ2) is 6.30. The molecule has 3 nitrogen and oxygen atoms in total. The van der Waals surface area contributed by atoms with Crippen LogP contribution in [-0.4, -0.2) is 14.7 Å². The van der Waals surface area contributed by atoms with E-state index in [2.05, 4.69) is 33.5 Å². The van der Waals surface area contributed by atoms with Crippen molar-refractivity contribution in [3.8, 4) is 0 Å². The summed E-state index contributed by atoms with van der Waals surface area (Å²) in [7, 11) is 0. The third-order valence-electron chi connectivity index (χ3n) is 3.53. The standard InChI is InChI=1S/C16H17BrN2OS/c1-2-7-19-13-6-4-3-5-12(13)18-16(19)9-14(20)11-8-15(17)21-10-11/h3-6,8,10,14,20H,2,7,9H2,1H3. The predicted molar refractivity (Wildman–Crippen MR) is 90.7 cm³/mol. The highest BCUT2D eigenvalue weighted by Crippen LogP contribution is 2.28. The van der Waals surface area contributed by atoms with Crippen LogP contribution in [0.5, 0.6) is 0 Å². The number of thiophene rings is 1. The van der Waals surface area contributed by atoms with Crippen LogP contribution in [0.15, 0.2) is 39.5 Å². The van der Waals surface area contributed by atoms with Crippen LogP contribution in [0.4, 0.5) is 0 Å². The van der Waals surface area contributed by atoms with Crippen LogP contribution in [0.1, 0.15) is 30.8 Å². The van der Waals surface area contributed by atoms with E-state index in [1.807, 2.05) is 29.6 Å². The molecule has 21 heavy (non-hydrogen) atoms. The number of aromatic nitrogens is 2. The first-order chi connectivity index (χ1) is 10.2. The SMILES string of the molecule is CCCn1c(CC(O)c2csc(Br)c2)nc2ccccc21. The number of fused-ring (bicyclic) bond motifs is 1. The molecule has 0 saturated heterocycles. The van der Waals surface area contributed by atoms with E-state index in [1.165, 1.54) is 0 Å². The fourth-order valence-corrected chi connectivity index (χ4v) is 3.77. The molecule has 0 aliphatic carbocycles. The zero-order chi connectivity index (χ0) is 14.8. The van der Waals surface area contributed by atoms with Crippen molar-refractivity contribution in [3.63, 3.8) is 0 Å². The Kier molecular flexibility index (Phi) is 4.42. The molecule has 2 heterocycles. The summed E-state index contributed by atoms with van der Waals surface area (Å²) in [5.41, 5.74) is 3.09. The van der Waals surface area contributed by atoms with Crippen LogP contribution in [0.2, 0.25) is 0 Å². The van der Waals surface area contributed by atoms with E-state index in [1.54, 1.807) is 11.3 Å². The van der Waals surface area contributed by atoms with Crippen molar-refractivity contribution in [2.45, 2.75) is 32.4 Å². The number of benzene rings is 1. The summed E-state index contributed by atoms with van der Waals surface area (Å²) < 4.78 is 3.26. The Balaban J connectivity index is 1.94. The number of para-hydroxylation sites is 2. The van der Waals surface area contributed by atoms with Crippen LogP contribution in [0, 0.1) is 0 Å². The molecule has 1 atom stereocenters. The van der Waals surface area contributed by atoms with Crippen molar-refractivity contribution in [3.05, 3.63) is 50.9 Å². The summed E-state index contributed by atoms with van der Waals surface area (Å²) in [6.45, 7) is 3.08. The maximum absolute atomic E-state index is 10.4. The summed E-state index contributed by atoms with van der Waals surface area (Å²) in [6.07, 6.45) is 1.07. The minimum atomic E-state index is -0.514. The Hall–Kier alpha value is -1.17. The lowest BCUT2D eigenvalue weighted by molar-refractivity contribution is 0.175. The molecule has 0 fully saturated rings. The fraction of sp³-hybridized carbons (Fsp3) is 0.312. The third kappa shape index (κ3) is 3.05. The number of nitrogens with zero attached hydrogens (tertiary/aromatic N) is 2. The third-order valence-corrected chi connectivity index (χ3v) is 5.05. The van der Waals surface area contributed by atoms with E-state index in [4.69, 9.17) is 4.98 Å². The van der Waals surface area contributed by atoms with Crippen LogP contribution in [0.3, 0.4) is 0 Å². The van der Waals surface area contributed by atoms with Gasteiger partial charge >= 0.3 is 0 Å². The summed E-state index contributed by atoms with van der Waals surface area (Å²) in [4.78, 5) is 4.70. The molecule has 0 aliphatic rings. The van der Waals surface area contributed by atoms with Gasteiger partial charge in [0.25, 0.3) is 0 Å². The lowest BCUT2D eigenvalue weighted by Crippen LogP contribution is -2.08. The largest absolute Gasteiger partial charge is 0.388 e. The minimum Gasteiger partial charge on any atom is -0.388 e. The van der Waals surface area contributed by atoms with Crippen molar-refractivity contribution < 1.29 is 5.11 Å². The maximum Gasteiger partial charge on any atom is 0.112 e. The van der Waals surface area contributed by atoms with E-state index in [9.17, 15) is 5.11 Å². The number of aliphatic hydroxyl groups excluding tert-OH is 1. The first kappa shape index (κ1) is 14.8. The number of halogens is 1. The topological polar surface area (TPSA) is 38.0 Å². The summed E-state index contributed by atoms with van der Waals surface area (Å²) >= 11 is 5.03. The lowest BCUT2D eigenvalue weighted by atomic mass is 10.1. The molecule has 0 amide bonds. The predicted octanol–water partition coefficient (Wildman–Crippen LogP) is 4.55. The van der Waals surface area contributed by atoms with E-state index in [0.717, 1.165) is 39.2 Å². The summed E-state index contributed by atoms with van der Waals surface area (Å²) in [5, 5.41) is 12.4. The number of aliphatic hydroxyl groups is 1. The van der Waals surface area contributed by atoms with Gasteiger partial charge in [0.05, 0.1) is 20.9 Å². The Morgan fingerprint density at radius 2 is 2.19 bits per heavy atom. The highest BCUT2D eigenvalue weighted by molar-refractivity contribution is 9.11. The number of rotatable bonds is 5. The van der Waals surface area contributed by atoms with Gasteiger partial charge < -0.3 is 9.67 Å². The van der Waals surface area contributed by atoms with E-state index in [0.29, 0.717) is 6.42 Å². The molecule has 1 N–H and O–H groups in total. The molecule has 110 valence electrons. The fourth-order valence-electron chi connectivity index (χ4n) is 2.54. The second-order valence-electron chi connectivity index (χ2n) is 5.07. The van der Waals surface area contributed by atoms with Crippen molar-refractivity contribution in [2.24, 2.45) is 0 Å². The van der Waals surface area contributed by atoms with E-state index in [-0.39, 0.29) is 0 Å². The molecule has 0 radical (unpaired) electrons. The Bertz CT molecular complexity index is 750. The maximum atomic E-state index is 10.4. The van der Waals surface area contributed by atoms with Gasteiger partial charge in [0.1, 0.15) is 5.82 Å². The first-order valence-corrected chi connectivity index (χ1v) is 8.72. The normalized spacial score (nSPS) is 12.9. The smallest absolute Gasteiger partial charge is 0.112 e. The molecule has 0 aliphatic heterocycles. The van der Waals surface area contributed by atoms with Gasteiger partial charge in [-0.2, -0.15) is 0 Å². The molecular weight excluding hydrogens is 348 g/mol. The van der Waals surface area contributed by atoms with Crippen molar-refractivity contribution in [1.29, 1.82) is 0 Å². The number of imidazole rings is 1. The van der Waals surface area contributed by atoms with Crippen LogP contribution in [-0.2, 0) is 13.0 Å². The molecule has 0 spiro atoms. The zero-order valence-corrected chi connectivity index (χ0v) is 14.2. The average molecular weight is 365 g/mol. The molecule has 0 saturated carbocycles. The summed E-state index contributed by atoms with van der Waals surface area (Å²) in [5.74, 6) is 0.952. The van der Waals surface area contributed by atoms with Crippen molar-refractivity contribution in [1.82, 2.24) is 9.55 Å². The molecular formula is C16H17BrN2OS. The molecule has 3 aromatic rings.